The van der Waals surface area contributed by atoms with Crippen molar-refractivity contribution in [3.05, 3.63) is 24.0 Å². The van der Waals surface area contributed by atoms with Gasteiger partial charge in [0, 0.05) is 64.0 Å². The van der Waals surface area contributed by atoms with E-state index in [2.05, 4.69) is 21.3 Å². The number of esters is 1. The van der Waals surface area contributed by atoms with E-state index in [1.54, 1.807) is 0 Å². The maximum atomic E-state index is 12.8. The number of carbonyl (C=O) groups is 10. The Kier molecular flexibility index (Phi) is 25.1. The first kappa shape index (κ1) is 53.4. The fourth-order valence-electron chi connectivity index (χ4n) is 5.17. The highest BCUT2D eigenvalue weighted by Crippen LogP contribution is 2.16. The van der Waals surface area contributed by atoms with Gasteiger partial charge in [-0.15, -0.1) is 0 Å². The molecule has 25 heteroatoms. The summed E-state index contributed by atoms with van der Waals surface area (Å²) in [6, 6.07) is -3.04. The van der Waals surface area contributed by atoms with E-state index in [0.717, 1.165) is 23.1 Å². The number of aliphatic hydroxyl groups is 2. The van der Waals surface area contributed by atoms with E-state index in [1.807, 2.05) is 0 Å². The Hall–Kier alpha value is -5.70. The van der Waals surface area contributed by atoms with Crippen LogP contribution >= 0.6 is 0 Å². The molecule has 2 aliphatic heterocycles. The van der Waals surface area contributed by atoms with Crippen molar-refractivity contribution in [2.24, 2.45) is 0 Å². The van der Waals surface area contributed by atoms with Crippen molar-refractivity contribution in [3.8, 4) is 0 Å². The summed E-state index contributed by atoms with van der Waals surface area (Å²) in [6.45, 7) is 3.52. The summed E-state index contributed by atoms with van der Waals surface area (Å²) in [5.74, 6) is -8.18. The van der Waals surface area contributed by atoms with Crippen molar-refractivity contribution in [1.29, 1.82) is 0 Å². The second kappa shape index (κ2) is 29.6. The number of aliphatic hydroxyl groups excluding tert-OH is 2. The number of nitrogens with zero attached hydrogens (tertiary/aromatic N) is 2. The summed E-state index contributed by atoms with van der Waals surface area (Å²) in [4.78, 5) is 122. The van der Waals surface area contributed by atoms with Crippen LogP contribution in [0.3, 0.4) is 0 Å². The van der Waals surface area contributed by atoms with Gasteiger partial charge >= 0.3 is 11.9 Å². The molecule has 63 heavy (non-hydrogen) atoms. The third-order valence-electron chi connectivity index (χ3n) is 8.53. The Balaban J connectivity index is 1.51. The summed E-state index contributed by atoms with van der Waals surface area (Å²) in [5, 5.41) is 38.1. The van der Waals surface area contributed by atoms with Crippen LogP contribution in [0.25, 0.3) is 0 Å². The maximum absolute atomic E-state index is 12.8. The van der Waals surface area contributed by atoms with E-state index in [-0.39, 0.29) is 124 Å². The van der Waals surface area contributed by atoms with Gasteiger partial charge in [-0.2, -0.15) is 0 Å². The first-order valence-electron chi connectivity index (χ1n) is 19.9. The summed E-state index contributed by atoms with van der Waals surface area (Å²) in [6.07, 6.45) is -0.363. The molecule has 0 aromatic carbocycles. The lowest BCUT2D eigenvalue weighted by atomic mass is 10.2. The van der Waals surface area contributed by atoms with Crippen LogP contribution in [-0.4, -0.2) is 201 Å². The number of carbonyl (C=O) groups excluding carboxylic acids is 9. The number of carboxylic acids is 1. The normalized spacial score (nSPS) is 15.5. The molecule has 4 unspecified atom stereocenters. The molecule has 0 radical (unpaired) electrons. The second-order valence-electron chi connectivity index (χ2n) is 13.6. The first-order chi connectivity index (χ1) is 30.0. The number of rotatable bonds is 34. The molecule has 352 valence electrons. The highest BCUT2D eigenvalue weighted by atomic mass is 16.6. The third-order valence-corrected chi connectivity index (χ3v) is 8.53. The molecule has 2 aliphatic rings. The molecule has 8 amide bonds. The van der Waals surface area contributed by atoms with E-state index >= 15 is 0 Å². The molecule has 7 N–H and O–H groups in total. The molecule has 0 aromatic rings. The van der Waals surface area contributed by atoms with Crippen molar-refractivity contribution in [2.45, 2.75) is 63.8 Å². The summed E-state index contributed by atoms with van der Waals surface area (Å²) >= 11 is 0. The number of imide groups is 2. The van der Waals surface area contributed by atoms with Crippen LogP contribution in [0.4, 0.5) is 0 Å². The summed E-state index contributed by atoms with van der Waals surface area (Å²) in [7, 11) is 0. The molecule has 0 fully saturated rings. The SMILES string of the molecule is CC(O)C(NC(=O)CCOCCOCCNC(=O)CCN1C(=O)C=C(OC(=O)C(NC(=O)CCOCCOCCOCCNC(=O)CCN2C(=O)C=CC2=O)C(C)O)C1=O)C(=O)O. The number of hydrogen-bond donors (Lipinski definition) is 7. The predicted molar refractivity (Wildman–Crippen MR) is 210 cm³/mol. The highest BCUT2D eigenvalue weighted by Gasteiger charge is 2.37. The summed E-state index contributed by atoms with van der Waals surface area (Å²) < 4.78 is 31.6. The topological polar surface area (TPSA) is 341 Å². The van der Waals surface area contributed by atoms with Gasteiger partial charge in [-0.1, -0.05) is 0 Å². The van der Waals surface area contributed by atoms with Gasteiger partial charge in [0.2, 0.25) is 29.4 Å². The van der Waals surface area contributed by atoms with Crippen LogP contribution in [0, 0.1) is 0 Å². The number of aliphatic carboxylic acids is 1. The number of amides is 8. The van der Waals surface area contributed by atoms with Gasteiger partial charge in [-0.05, 0) is 13.8 Å². The molecule has 4 atom stereocenters. The average molecular weight is 901 g/mol. The number of nitrogens with one attached hydrogen (secondary N) is 4. The fourth-order valence-corrected chi connectivity index (χ4v) is 5.17. The second-order valence-corrected chi connectivity index (χ2v) is 13.6. The molecule has 2 rings (SSSR count). The van der Waals surface area contributed by atoms with E-state index in [9.17, 15) is 58.2 Å². The Bertz CT molecular complexity index is 1650. The van der Waals surface area contributed by atoms with Crippen molar-refractivity contribution in [3.63, 3.8) is 0 Å². The molecular weight excluding hydrogens is 844 g/mol. The van der Waals surface area contributed by atoms with Crippen molar-refractivity contribution < 1.29 is 91.7 Å². The minimum Gasteiger partial charge on any atom is -0.480 e. The van der Waals surface area contributed by atoms with E-state index in [4.69, 9.17) is 33.5 Å². The van der Waals surface area contributed by atoms with Crippen LogP contribution in [-0.2, 0) is 76.4 Å². The van der Waals surface area contributed by atoms with Gasteiger partial charge in [0.25, 0.3) is 23.6 Å². The zero-order valence-electron chi connectivity index (χ0n) is 35.0. The van der Waals surface area contributed by atoms with Gasteiger partial charge in [0.05, 0.1) is 84.4 Å². The fraction of sp³-hybridized carbons (Fsp3) is 0.632. The molecule has 25 nitrogen and oxygen atoms in total. The number of hydrogen-bond acceptors (Lipinski definition) is 18. The molecule has 0 saturated carbocycles. The van der Waals surface area contributed by atoms with Gasteiger partial charge in [-0.3, -0.25) is 48.2 Å². The standard InChI is InChI=1S/C38H56N6O19/c1-24(45)34(37(55)56)41-29(49)7-13-58-17-19-60-15-10-40-28(48)6-12-44-33(53)23-26(36(44)54)63-38(57)35(25(2)46)42-30(50)8-14-59-18-21-62-22-20-61-16-9-39-27(47)5-11-43-31(51)3-4-32(43)52/h3-4,23-25,34-35,45-46H,5-22H2,1-2H3,(H,39,47)(H,40,48)(H,41,49)(H,42,50)(H,55,56). The van der Waals surface area contributed by atoms with Gasteiger partial charge in [-0.25, -0.2) is 9.59 Å². The van der Waals surface area contributed by atoms with Crippen LogP contribution in [0.5, 0.6) is 0 Å². The summed E-state index contributed by atoms with van der Waals surface area (Å²) in [5.41, 5.74) is 0. The zero-order valence-corrected chi connectivity index (χ0v) is 35.0. The van der Waals surface area contributed by atoms with Crippen LogP contribution in [0.2, 0.25) is 0 Å². The largest absolute Gasteiger partial charge is 0.480 e. The Morgan fingerprint density at radius 3 is 1.41 bits per heavy atom. The zero-order chi connectivity index (χ0) is 46.7. The van der Waals surface area contributed by atoms with Crippen molar-refractivity contribution in [2.75, 3.05) is 92.2 Å². The van der Waals surface area contributed by atoms with E-state index in [1.165, 1.54) is 13.8 Å². The predicted octanol–water partition coefficient (Wildman–Crippen LogP) is -4.60. The van der Waals surface area contributed by atoms with E-state index < -0.39 is 83.3 Å². The molecule has 2 heterocycles. The Morgan fingerprint density at radius 1 is 0.556 bits per heavy atom. The van der Waals surface area contributed by atoms with Gasteiger partial charge < -0.3 is 65.0 Å². The quantitative estimate of drug-likeness (QED) is 0.0181. The monoisotopic (exact) mass is 900 g/mol. The molecule has 0 bridgehead atoms. The Morgan fingerprint density at radius 2 is 0.968 bits per heavy atom. The lowest BCUT2D eigenvalue weighted by molar-refractivity contribution is -0.151. The maximum Gasteiger partial charge on any atom is 0.336 e. The lowest BCUT2D eigenvalue weighted by Crippen LogP contribution is -2.49. The highest BCUT2D eigenvalue weighted by molar-refractivity contribution is 6.16. The molecule has 0 spiro atoms. The molecule has 0 aromatic heterocycles. The van der Waals surface area contributed by atoms with Crippen LogP contribution in [0.15, 0.2) is 24.0 Å². The number of carboxylic acid groups (broad SMARTS) is 1. The molecule has 0 aliphatic carbocycles. The Labute approximate surface area is 361 Å². The van der Waals surface area contributed by atoms with Gasteiger partial charge in [0.15, 0.2) is 12.1 Å². The first-order valence-corrected chi connectivity index (χ1v) is 19.9. The van der Waals surface area contributed by atoms with Crippen LogP contribution < -0.4 is 21.3 Å². The minimum absolute atomic E-state index is 0.0137. The van der Waals surface area contributed by atoms with Crippen LogP contribution in [0.1, 0.15) is 39.5 Å². The van der Waals surface area contributed by atoms with Gasteiger partial charge in [0.1, 0.15) is 0 Å². The molecular formula is C38H56N6O19. The third kappa shape index (κ3) is 21.3. The lowest BCUT2D eigenvalue weighted by Gasteiger charge is -2.20. The minimum atomic E-state index is -1.60. The number of ether oxygens (including phenoxy) is 6. The molecule has 0 saturated heterocycles. The van der Waals surface area contributed by atoms with Crippen molar-refractivity contribution in [1.82, 2.24) is 31.1 Å². The average Bonchev–Trinajstić information content (AvgIpc) is 3.69. The van der Waals surface area contributed by atoms with Crippen molar-refractivity contribution >= 4 is 59.2 Å². The van der Waals surface area contributed by atoms with E-state index in [0.29, 0.717) is 4.90 Å². The smallest absolute Gasteiger partial charge is 0.336 e.